The highest BCUT2D eigenvalue weighted by atomic mass is 19.4. The zero-order valence-electron chi connectivity index (χ0n) is 21.1. The molecule has 1 N–H and O–H groups in total. The second-order valence-electron chi connectivity index (χ2n) is 10.4. The Morgan fingerprint density at radius 3 is 2.51 bits per heavy atom. The average Bonchev–Trinajstić information content (AvgIpc) is 3.57. The van der Waals surface area contributed by atoms with Crippen LogP contribution in [0.25, 0.3) is 11.3 Å². The Hall–Kier alpha value is -3.67. The van der Waals surface area contributed by atoms with Crippen molar-refractivity contribution in [3.05, 3.63) is 52.9 Å². The third-order valence-corrected chi connectivity index (χ3v) is 7.65. The molecule has 2 saturated heterocycles. The number of rotatable bonds is 7. The van der Waals surface area contributed by atoms with E-state index in [1.54, 1.807) is 13.0 Å². The summed E-state index contributed by atoms with van der Waals surface area (Å²) in [4.78, 5) is 21.9. The predicted molar refractivity (Wildman–Crippen MR) is 131 cm³/mol. The first-order valence-electron chi connectivity index (χ1n) is 13.0. The Labute approximate surface area is 221 Å². The lowest BCUT2D eigenvalue weighted by molar-refractivity contribution is -0.137. The first-order valence-corrected chi connectivity index (χ1v) is 13.0. The molecule has 9 nitrogen and oxygen atoms in total. The number of ether oxygens (including phenoxy) is 2. The van der Waals surface area contributed by atoms with E-state index in [-0.39, 0.29) is 47.8 Å². The number of alkyl halides is 3. The molecule has 3 aliphatic rings. The number of fused-ring (bicyclic) bond motifs is 2. The molecular formula is C27H27F3N4O5. The number of piperidine rings is 1. The van der Waals surface area contributed by atoms with Gasteiger partial charge in [0.25, 0.3) is 0 Å². The van der Waals surface area contributed by atoms with E-state index < -0.39 is 17.9 Å². The van der Waals surface area contributed by atoms with E-state index in [2.05, 4.69) is 20.0 Å². The van der Waals surface area contributed by atoms with Crippen LogP contribution in [0.5, 0.6) is 5.88 Å². The van der Waals surface area contributed by atoms with Crippen LogP contribution in [-0.2, 0) is 17.5 Å². The summed E-state index contributed by atoms with van der Waals surface area (Å²) in [6, 6.07) is 7.05. The molecule has 2 aromatic heterocycles. The summed E-state index contributed by atoms with van der Waals surface area (Å²) < 4.78 is 58.0. The third kappa shape index (κ3) is 5.17. The fourth-order valence-electron chi connectivity index (χ4n) is 5.85. The van der Waals surface area contributed by atoms with Gasteiger partial charge in [0.2, 0.25) is 11.8 Å². The highest BCUT2D eigenvalue weighted by Crippen LogP contribution is 2.46. The van der Waals surface area contributed by atoms with Crippen LogP contribution in [0.4, 0.5) is 23.9 Å². The summed E-state index contributed by atoms with van der Waals surface area (Å²) in [6.07, 6.45) is -1.08. The molecule has 206 valence electrons. The van der Waals surface area contributed by atoms with Crippen molar-refractivity contribution in [3.8, 4) is 17.1 Å². The van der Waals surface area contributed by atoms with Crippen LogP contribution in [0.3, 0.4) is 0 Å². The molecule has 6 rings (SSSR count). The minimum absolute atomic E-state index is 0.00915. The molecule has 0 radical (unpaired) electrons. The van der Waals surface area contributed by atoms with Gasteiger partial charge >= 0.3 is 12.3 Å². The van der Waals surface area contributed by atoms with E-state index in [1.807, 2.05) is 0 Å². The molecule has 12 heteroatoms. The Balaban J connectivity index is 1.21. The van der Waals surface area contributed by atoms with Crippen LogP contribution < -0.4 is 9.64 Å². The minimum Gasteiger partial charge on any atom is -0.449 e. The lowest BCUT2D eigenvalue weighted by Crippen LogP contribution is -2.46. The zero-order chi connectivity index (χ0) is 27.3. The molecule has 1 aromatic carbocycles. The van der Waals surface area contributed by atoms with Crippen molar-refractivity contribution in [2.75, 3.05) is 4.90 Å². The summed E-state index contributed by atoms with van der Waals surface area (Å²) in [5.41, 5.74) is 0.606. The molecule has 3 aromatic rings. The second-order valence-corrected chi connectivity index (χ2v) is 10.4. The highest BCUT2D eigenvalue weighted by molar-refractivity contribution is 5.68. The number of aryl methyl sites for hydroxylation is 1. The quantitative estimate of drug-likeness (QED) is 0.352. The largest absolute Gasteiger partial charge is 0.512 e. The normalized spacial score (nSPS) is 22.8. The molecule has 0 amide bonds. The van der Waals surface area contributed by atoms with Crippen molar-refractivity contribution < 1.29 is 37.1 Å². The standard InChI is InChI=1S/C27H27F3N4O5/c1-14-10-22(38-26(35)36)32-25(31-14)34-16-8-9-17(34)12-18(11-16)37-13-20-23(33-39-24(20)15-6-7-15)19-4-2-3-5-21(19)27(28,29)30/h2-5,10,15-18H,6-9,11-13H2,1H3,(H,35,36)/t16-,17+,18+. The number of carboxylic acid groups (broad SMARTS) is 1. The molecule has 0 unspecified atom stereocenters. The molecule has 2 bridgehead atoms. The van der Waals surface area contributed by atoms with Gasteiger partial charge in [0.05, 0.1) is 18.3 Å². The van der Waals surface area contributed by atoms with Gasteiger partial charge in [0, 0.05) is 40.9 Å². The third-order valence-electron chi connectivity index (χ3n) is 7.65. The van der Waals surface area contributed by atoms with E-state index in [9.17, 15) is 18.0 Å². The topological polar surface area (TPSA) is 111 Å². The minimum atomic E-state index is -4.52. The van der Waals surface area contributed by atoms with Gasteiger partial charge in [-0.15, -0.1) is 0 Å². The predicted octanol–water partition coefficient (Wildman–Crippen LogP) is 6.11. The first kappa shape index (κ1) is 25.6. The summed E-state index contributed by atoms with van der Waals surface area (Å²) in [6.45, 7) is 1.86. The van der Waals surface area contributed by atoms with Crippen LogP contribution in [-0.4, -0.2) is 44.6 Å². The summed E-state index contributed by atoms with van der Waals surface area (Å²) >= 11 is 0. The number of nitrogens with zero attached hydrogens (tertiary/aromatic N) is 4. The Bertz CT molecular complexity index is 1380. The number of aromatic nitrogens is 3. The maximum absolute atomic E-state index is 13.8. The van der Waals surface area contributed by atoms with Crippen molar-refractivity contribution in [1.82, 2.24) is 15.1 Å². The number of benzene rings is 1. The molecular weight excluding hydrogens is 517 g/mol. The first-order chi connectivity index (χ1) is 18.7. The number of hydrogen-bond donors (Lipinski definition) is 1. The second kappa shape index (κ2) is 9.82. The molecule has 1 saturated carbocycles. The monoisotopic (exact) mass is 544 g/mol. The van der Waals surface area contributed by atoms with Crippen LogP contribution in [0.1, 0.15) is 67.0 Å². The number of carbonyl (C=O) groups is 1. The van der Waals surface area contributed by atoms with Crippen LogP contribution in [0.15, 0.2) is 34.9 Å². The molecule has 1 aliphatic carbocycles. The van der Waals surface area contributed by atoms with Gasteiger partial charge in [-0.2, -0.15) is 18.2 Å². The number of anilines is 1. The van der Waals surface area contributed by atoms with Crippen LogP contribution in [0, 0.1) is 6.92 Å². The van der Waals surface area contributed by atoms with E-state index in [0.717, 1.165) is 31.7 Å². The van der Waals surface area contributed by atoms with E-state index in [0.29, 0.717) is 35.8 Å². The fourth-order valence-corrected chi connectivity index (χ4v) is 5.85. The van der Waals surface area contributed by atoms with Gasteiger partial charge < -0.3 is 24.0 Å². The average molecular weight is 545 g/mol. The van der Waals surface area contributed by atoms with Crippen molar-refractivity contribution >= 4 is 12.1 Å². The molecule has 2 aliphatic heterocycles. The zero-order valence-corrected chi connectivity index (χ0v) is 21.1. The Morgan fingerprint density at radius 2 is 1.85 bits per heavy atom. The number of hydrogen-bond acceptors (Lipinski definition) is 8. The van der Waals surface area contributed by atoms with Gasteiger partial charge in [-0.3, -0.25) is 0 Å². The van der Waals surface area contributed by atoms with E-state index >= 15 is 0 Å². The van der Waals surface area contributed by atoms with Crippen LogP contribution in [0.2, 0.25) is 0 Å². The molecule has 4 heterocycles. The van der Waals surface area contributed by atoms with Gasteiger partial charge in [-0.25, -0.2) is 9.78 Å². The maximum atomic E-state index is 13.8. The van der Waals surface area contributed by atoms with Crippen molar-refractivity contribution in [2.24, 2.45) is 0 Å². The van der Waals surface area contributed by atoms with Crippen molar-refractivity contribution in [3.63, 3.8) is 0 Å². The highest BCUT2D eigenvalue weighted by Gasteiger charge is 2.43. The van der Waals surface area contributed by atoms with Gasteiger partial charge in [0.1, 0.15) is 11.5 Å². The molecule has 0 spiro atoms. The van der Waals surface area contributed by atoms with E-state index in [1.165, 1.54) is 18.2 Å². The van der Waals surface area contributed by atoms with Gasteiger partial charge in [-0.05, 0) is 51.5 Å². The van der Waals surface area contributed by atoms with Crippen molar-refractivity contribution in [1.29, 1.82) is 0 Å². The fraction of sp³-hybridized carbons (Fsp3) is 0.481. The summed E-state index contributed by atoms with van der Waals surface area (Å²) in [5.74, 6) is 1.18. The smallest absolute Gasteiger partial charge is 0.449 e. The SMILES string of the molecule is Cc1cc(OC(=O)O)nc(N2[C@@H]3CC[C@H]2C[C@@H](OCc2c(-c4ccccc4C(F)(F)F)noc2C2CC2)C3)n1. The lowest BCUT2D eigenvalue weighted by atomic mass is 9.98. The van der Waals surface area contributed by atoms with Gasteiger partial charge in [-0.1, -0.05) is 23.4 Å². The molecule has 3 atom stereocenters. The molecule has 3 fully saturated rings. The lowest BCUT2D eigenvalue weighted by Gasteiger charge is -2.39. The molecule has 39 heavy (non-hydrogen) atoms. The Kier molecular flexibility index (Phi) is 6.44. The van der Waals surface area contributed by atoms with Crippen molar-refractivity contribution in [2.45, 2.75) is 82.3 Å². The number of halogens is 3. The Morgan fingerprint density at radius 1 is 1.13 bits per heavy atom. The maximum Gasteiger partial charge on any atom is 0.512 e. The summed E-state index contributed by atoms with van der Waals surface area (Å²) in [7, 11) is 0. The van der Waals surface area contributed by atoms with E-state index in [4.69, 9.17) is 19.1 Å². The van der Waals surface area contributed by atoms with Gasteiger partial charge in [0.15, 0.2) is 0 Å². The van der Waals surface area contributed by atoms with Crippen LogP contribution >= 0.6 is 0 Å². The summed E-state index contributed by atoms with van der Waals surface area (Å²) in [5, 5.41) is 13.1.